The van der Waals surface area contributed by atoms with Crippen LogP contribution in [0.4, 0.5) is 0 Å². The quantitative estimate of drug-likeness (QED) is 0.766. The van der Waals surface area contributed by atoms with Crippen LogP contribution in [0, 0.1) is 0 Å². The highest BCUT2D eigenvalue weighted by atomic mass is 35.5. The van der Waals surface area contributed by atoms with Gasteiger partial charge in [-0.3, -0.25) is 0 Å². The number of halogens is 1. The Balaban J connectivity index is 1.67. The molecule has 0 aromatic heterocycles. The van der Waals surface area contributed by atoms with E-state index in [0.29, 0.717) is 6.54 Å². The van der Waals surface area contributed by atoms with E-state index >= 15 is 0 Å². The van der Waals surface area contributed by atoms with Gasteiger partial charge in [0.05, 0.1) is 6.54 Å². The standard InChI is InChI=1S/C13H15ClN2O/c14-11-5-3-10(4-6-11)12-9-15-13(17-12)16-7-1-2-8-16/h3-6,12H,1-2,7-9H2. The Bertz CT molecular complexity index is 424. The smallest absolute Gasteiger partial charge is 0.288 e. The van der Waals surface area contributed by atoms with Crippen LogP contribution in [0.15, 0.2) is 29.3 Å². The van der Waals surface area contributed by atoms with Crippen LogP contribution in [-0.2, 0) is 4.74 Å². The highest BCUT2D eigenvalue weighted by molar-refractivity contribution is 6.30. The van der Waals surface area contributed by atoms with Crippen molar-refractivity contribution < 1.29 is 4.74 Å². The Hall–Kier alpha value is -1.22. The number of hydrogen-bond donors (Lipinski definition) is 0. The molecule has 1 unspecified atom stereocenters. The van der Waals surface area contributed by atoms with Crippen molar-refractivity contribution in [1.82, 2.24) is 4.90 Å². The van der Waals surface area contributed by atoms with Gasteiger partial charge >= 0.3 is 0 Å². The maximum absolute atomic E-state index is 5.90. The normalized spacial score (nSPS) is 23.7. The summed E-state index contributed by atoms with van der Waals surface area (Å²) >= 11 is 5.87. The molecule has 0 amide bonds. The molecule has 0 aliphatic carbocycles. The molecule has 0 N–H and O–H groups in total. The second-order valence-electron chi connectivity index (χ2n) is 4.48. The molecule has 3 rings (SSSR count). The molecular formula is C13H15ClN2O. The second kappa shape index (κ2) is 4.57. The van der Waals surface area contributed by atoms with Gasteiger partial charge in [0.1, 0.15) is 6.10 Å². The molecule has 3 nitrogen and oxygen atoms in total. The Kier molecular flexibility index (Phi) is 2.93. The van der Waals surface area contributed by atoms with Crippen LogP contribution < -0.4 is 0 Å². The number of likely N-dealkylation sites (tertiary alicyclic amines) is 1. The molecule has 0 spiro atoms. The Morgan fingerprint density at radius 2 is 1.88 bits per heavy atom. The van der Waals surface area contributed by atoms with E-state index in [4.69, 9.17) is 16.3 Å². The number of amidine groups is 1. The molecule has 1 saturated heterocycles. The summed E-state index contributed by atoms with van der Waals surface area (Å²) in [5.74, 6) is 0. The van der Waals surface area contributed by atoms with E-state index in [0.717, 1.165) is 29.7 Å². The fourth-order valence-electron chi connectivity index (χ4n) is 2.30. The fourth-order valence-corrected chi connectivity index (χ4v) is 2.42. The Labute approximate surface area is 106 Å². The molecule has 1 aromatic carbocycles. The lowest BCUT2D eigenvalue weighted by Gasteiger charge is -2.18. The third-order valence-corrected chi connectivity index (χ3v) is 3.51. The molecule has 0 saturated carbocycles. The highest BCUT2D eigenvalue weighted by Crippen LogP contribution is 2.26. The predicted molar refractivity (Wildman–Crippen MR) is 68.4 cm³/mol. The van der Waals surface area contributed by atoms with Gasteiger partial charge < -0.3 is 9.64 Å². The second-order valence-corrected chi connectivity index (χ2v) is 4.91. The van der Waals surface area contributed by atoms with Gasteiger partial charge in [-0.1, -0.05) is 23.7 Å². The number of nitrogens with zero attached hydrogens (tertiary/aromatic N) is 2. The lowest BCUT2D eigenvalue weighted by molar-refractivity contribution is 0.193. The molecular weight excluding hydrogens is 236 g/mol. The SMILES string of the molecule is Clc1ccc(C2CN=C(N3CCCC3)O2)cc1. The topological polar surface area (TPSA) is 24.8 Å². The first-order valence-electron chi connectivity index (χ1n) is 6.04. The summed E-state index contributed by atoms with van der Waals surface area (Å²) in [6, 6.07) is 8.63. The van der Waals surface area contributed by atoms with Crippen LogP contribution in [0.3, 0.4) is 0 Å². The summed E-state index contributed by atoms with van der Waals surface area (Å²) in [4.78, 5) is 6.72. The molecule has 1 aromatic rings. The van der Waals surface area contributed by atoms with Gasteiger partial charge in [-0.15, -0.1) is 0 Å². The van der Waals surface area contributed by atoms with Gasteiger partial charge in [-0.25, -0.2) is 4.99 Å². The molecule has 0 bridgehead atoms. The van der Waals surface area contributed by atoms with E-state index in [-0.39, 0.29) is 6.10 Å². The summed E-state index contributed by atoms with van der Waals surface area (Å²) in [6.45, 7) is 2.87. The first kappa shape index (κ1) is 10.9. The van der Waals surface area contributed by atoms with Crippen molar-refractivity contribution >= 4 is 17.6 Å². The number of rotatable bonds is 1. The van der Waals surface area contributed by atoms with Crippen molar-refractivity contribution in [3.63, 3.8) is 0 Å². The maximum atomic E-state index is 5.90. The fraction of sp³-hybridized carbons (Fsp3) is 0.462. The average Bonchev–Trinajstić information content (AvgIpc) is 3.00. The van der Waals surface area contributed by atoms with Gasteiger partial charge in [0.2, 0.25) is 0 Å². The summed E-state index contributed by atoms with van der Waals surface area (Å²) in [5, 5.41) is 0.757. The minimum absolute atomic E-state index is 0.0582. The van der Waals surface area contributed by atoms with Gasteiger partial charge in [-0.05, 0) is 30.5 Å². The van der Waals surface area contributed by atoms with Crippen molar-refractivity contribution in [2.24, 2.45) is 4.99 Å². The number of hydrogen-bond acceptors (Lipinski definition) is 3. The van der Waals surface area contributed by atoms with E-state index in [9.17, 15) is 0 Å². The van der Waals surface area contributed by atoms with E-state index in [1.165, 1.54) is 12.8 Å². The number of benzene rings is 1. The van der Waals surface area contributed by atoms with E-state index in [1.807, 2.05) is 24.3 Å². The van der Waals surface area contributed by atoms with Crippen molar-refractivity contribution in [1.29, 1.82) is 0 Å². The van der Waals surface area contributed by atoms with Crippen molar-refractivity contribution in [2.75, 3.05) is 19.6 Å². The van der Waals surface area contributed by atoms with Gasteiger partial charge in [0.15, 0.2) is 0 Å². The molecule has 2 heterocycles. The van der Waals surface area contributed by atoms with Crippen LogP contribution in [0.2, 0.25) is 5.02 Å². The number of aliphatic imine (C=N–C) groups is 1. The summed E-state index contributed by atoms with van der Waals surface area (Å²) in [6.07, 6.45) is 2.55. The van der Waals surface area contributed by atoms with Gasteiger partial charge in [0.25, 0.3) is 6.02 Å². The van der Waals surface area contributed by atoms with Gasteiger partial charge in [-0.2, -0.15) is 0 Å². The predicted octanol–water partition coefficient (Wildman–Crippen LogP) is 2.86. The highest BCUT2D eigenvalue weighted by Gasteiger charge is 2.27. The lowest BCUT2D eigenvalue weighted by atomic mass is 10.1. The lowest BCUT2D eigenvalue weighted by Crippen LogP contribution is -2.28. The first-order chi connectivity index (χ1) is 8.33. The van der Waals surface area contributed by atoms with E-state index in [1.54, 1.807) is 0 Å². The zero-order valence-corrected chi connectivity index (χ0v) is 10.4. The molecule has 2 aliphatic heterocycles. The third-order valence-electron chi connectivity index (χ3n) is 3.26. The summed E-state index contributed by atoms with van der Waals surface area (Å²) in [5.41, 5.74) is 1.15. The number of ether oxygens (including phenoxy) is 1. The minimum atomic E-state index is 0.0582. The molecule has 0 radical (unpaired) electrons. The largest absolute Gasteiger partial charge is 0.455 e. The van der Waals surface area contributed by atoms with Crippen LogP contribution >= 0.6 is 11.6 Å². The Morgan fingerprint density at radius 1 is 1.18 bits per heavy atom. The summed E-state index contributed by atoms with van der Waals surface area (Å²) in [7, 11) is 0. The molecule has 1 fully saturated rings. The van der Waals surface area contributed by atoms with Crippen LogP contribution in [0.25, 0.3) is 0 Å². The summed E-state index contributed by atoms with van der Waals surface area (Å²) < 4.78 is 5.90. The van der Waals surface area contributed by atoms with Crippen molar-refractivity contribution in [3.8, 4) is 0 Å². The van der Waals surface area contributed by atoms with E-state index in [2.05, 4.69) is 9.89 Å². The first-order valence-corrected chi connectivity index (χ1v) is 6.42. The molecule has 17 heavy (non-hydrogen) atoms. The Morgan fingerprint density at radius 3 is 2.59 bits per heavy atom. The molecule has 4 heteroatoms. The van der Waals surface area contributed by atoms with Crippen molar-refractivity contribution in [2.45, 2.75) is 18.9 Å². The minimum Gasteiger partial charge on any atom is -0.455 e. The molecule has 90 valence electrons. The third kappa shape index (κ3) is 2.25. The maximum Gasteiger partial charge on any atom is 0.288 e. The van der Waals surface area contributed by atoms with Crippen molar-refractivity contribution in [3.05, 3.63) is 34.9 Å². The van der Waals surface area contributed by atoms with Crippen LogP contribution in [-0.4, -0.2) is 30.6 Å². The monoisotopic (exact) mass is 250 g/mol. The zero-order chi connectivity index (χ0) is 11.7. The van der Waals surface area contributed by atoms with Crippen LogP contribution in [0.5, 0.6) is 0 Å². The van der Waals surface area contributed by atoms with E-state index < -0.39 is 0 Å². The molecule has 2 aliphatic rings. The molecule has 1 atom stereocenters. The zero-order valence-electron chi connectivity index (χ0n) is 9.60. The van der Waals surface area contributed by atoms with Crippen LogP contribution in [0.1, 0.15) is 24.5 Å². The van der Waals surface area contributed by atoms with Gasteiger partial charge in [0, 0.05) is 18.1 Å². The average molecular weight is 251 g/mol.